The maximum absolute atomic E-state index is 13.0. The molecule has 0 spiro atoms. The van der Waals surface area contributed by atoms with Crippen LogP contribution in [-0.4, -0.2) is 47.8 Å². The summed E-state index contributed by atoms with van der Waals surface area (Å²) in [6.45, 7) is 8.15. The zero-order chi connectivity index (χ0) is 23.2. The van der Waals surface area contributed by atoms with Crippen molar-refractivity contribution in [3.63, 3.8) is 0 Å². The summed E-state index contributed by atoms with van der Waals surface area (Å²) >= 11 is 18.2. The maximum Gasteiger partial charge on any atom is 0.411 e. The first-order valence-electron chi connectivity index (χ1n) is 10.2. The zero-order valence-electron chi connectivity index (χ0n) is 18.2. The van der Waals surface area contributed by atoms with Crippen LogP contribution in [0.25, 0.3) is 0 Å². The van der Waals surface area contributed by atoms with Crippen molar-refractivity contribution in [3.8, 4) is 5.75 Å². The summed E-state index contributed by atoms with van der Waals surface area (Å²) in [6.07, 6.45) is 2.29. The number of piperidine rings is 1. The van der Waals surface area contributed by atoms with E-state index in [1.54, 1.807) is 20.8 Å². The fraction of sp³-hybridized carbons (Fsp3) is 0.619. The summed E-state index contributed by atoms with van der Waals surface area (Å²) in [6, 6.07) is 1.86. The van der Waals surface area contributed by atoms with Gasteiger partial charge in [-0.15, -0.1) is 0 Å². The van der Waals surface area contributed by atoms with Crippen LogP contribution in [0.4, 0.5) is 4.79 Å². The van der Waals surface area contributed by atoms with Crippen LogP contribution in [0.15, 0.2) is 12.1 Å². The number of ether oxygens (including phenoxy) is 2. The number of benzene rings is 1. The van der Waals surface area contributed by atoms with E-state index in [1.165, 1.54) is 17.0 Å². The van der Waals surface area contributed by atoms with Gasteiger partial charge in [0.1, 0.15) is 11.6 Å². The van der Waals surface area contributed by atoms with Crippen LogP contribution >= 0.6 is 34.8 Å². The Kier molecular flexibility index (Phi) is 9.70. The largest absolute Gasteiger partial charge is 0.444 e. The number of amides is 1. The van der Waals surface area contributed by atoms with E-state index >= 15 is 0 Å². The molecule has 1 aromatic carbocycles. The van der Waals surface area contributed by atoms with Gasteiger partial charge in [-0.1, -0.05) is 48.1 Å². The Balaban J connectivity index is 2.15. The Morgan fingerprint density at radius 1 is 1.16 bits per heavy atom. The molecular weight excluding hydrogens is 467 g/mol. The fourth-order valence-electron chi connectivity index (χ4n) is 3.02. The second-order valence-corrected chi connectivity index (χ2v) is 9.61. The summed E-state index contributed by atoms with van der Waals surface area (Å²) in [5.74, 6) is -0.646. The number of nitrogens with zero attached hydrogens (tertiary/aromatic N) is 1. The number of rotatable bonds is 7. The molecular formula is C21H29Cl3N2O5. The smallest absolute Gasteiger partial charge is 0.411 e. The molecule has 1 aromatic rings. The highest BCUT2D eigenvalue weighted by atomic mass is 35.5. The van der Waals surface area contributed by atoms with E-state index in [0.29, 0.717) is 24.5 Å². The first-order valence-corrected chi connectivity index (χ1v) is 11.4. The maximum atomic E-state index is 13.0. The van der Waals surface area contributed by atoms with Gasteiger partial charge >= 0.3 is 12.1 Å². The molecule has 1 aliphatic rings. The zero-order valence-corrected chi connectivity index (χ0v) is 20.4. The molecule has 0 saturated carbocycles. The average molecular weight is 496 g/mol. The minimum Gasteiger partial charge on any atom is -0.444 e. The number of esters is 1. The van der Waals surface area contributed by atoms with Gasteiger partial charge in [0.05, 0.1) is 22.7 Å². The molecule has 0 bridgehead atoms. The number of likely N-dealkylation sites (tertiary alicyclic amines) is 1. The van der Waals surface area contributed by atoms with E-state index < -0.39 is 23.7 Å². The third kappa shape index (κ3) is 7.99. The van der Waals surface area contributed by atoms with Gasteiger partial charge in [-0.2, -0.15) is 5.48 Å². The van der Waals surface area contributed by atoms with Crippen LogP contribution < -0.4 is 10.2 Å². The van der Waals surface area contributed by atoms with Gasteiger partial charge in [-0.25, -0.2) is 9.59 Å². The van der Waals surface area contributed by atoms with Crippen LogP contribution in [-0.2, 0) is 14.4 Å². The van der Waals surface area contributed by atoms with Gasteiger partial charge < -0.3 is 14.3 Å². The number of carbonyl (C=O) groups is 2. The molecule has 0 aliphatic carbocycles. The van der Waals surface area contributed by atoms with Crippen LogP contribution in [0.2, 0.25) is 15.1 Å². The molecule has 0 radical (unpaired) electrons. The number of hydrogen-bond donors (Lipinski definition) is 1. The Labute approximate surface area is 198 Å². The standard InChI is InChI=1S/C21H29Cl3N2O5/c1-5-6-9-29-25-14-7-8-17(26(12-14)20(28)31-21(2,3)4)19(27)30-18-15(23)10-13(22)11-16(18)24/h10-11,14,17,25H,5-9,12H2,1-4H3/t14-,17+/m1/s1. The molecule has 174 valence electrons. The first kappa shape index (κ1) is 26.0. The third-order valence-corrected chi connectivity index (χ3v) is 5.28. The van der Waals surface area contributed by atoms with E-state index in [9.17, 15) is 9.59 Å². The monoisotopic (exact) mass is 494 g/mol. The summed E-state index contributed by atoms with van der Waals surface area (Å²) in [7, 11) is 0. The van der Waals surface area contributed by atoms with E-state index in [2.05, 4.69) is 12.4 Å². The Hall–Kier alpha value is -1.25. The highest BCUT2D eigenvalue weighted by Gasteiger charge is 2.39. The van der Waals surface area contributed by atoms with Crippen molar-refractivity contribution in [2.45, 2.75) is 71.1 Å². The second kappa shape index (κ2) is 11.6. The molecule has 7 nitrogen and oxygen atoms in total. The molecule has 1 heterocycles. The van der Waals surface area contributed by atoms with Gasteiger partial charge in [0, 0.05) is 11.6 Å². The number of halogens is 3. The van der Waals surface area contributed by atoms with Gasteiger partial charge in [0.15, 0.2) is 5.75 Å². The number of nitrogens with one attached hydrogen (secondary N) is 1. The molecule has 1 aliphatic heterocycles. The molecule has 0 aromatic heterocycles. The van der Waals surface area contributed by atoms with Gasteiger partial charge in [-0.3, -0.25) is 4.90 Å². The normalized spacial score (nSPS) is 19.3. The van der Waals surface area contributed by atoms with Gasteiger partial charge in [0.2, 0.25) is 0 Å². The minimum atomic E-state index is -0.855. The average Bonchev–Trinajstić information content (AvgIpc) is 2.66. The lowest BCUT2D eigenvalue weighted by Crippen LogP contribution is -2.57. The van der Waals surface area contributed by atoms with Crippen LogP contribution in [0.1, 0.15) is 53.4 Å². The molecule has 2 atom stereocenters. The van der Waals surface area contributed by atoms with E-state index in [0.717, 1.165) is 12.8 Å². The van der Waals surface area contributed by atoms with Crippen LogP contribution in [0, 0.1) is 0 Å². The Morgan fingerprint density at radius 3 is 2.39 bits per heavy atom. The van der Waals surface area contributed by atoms with E-state index in [-0.39, 0.29) is 28.4 Å². The molecule has 1 fully saturated rings. The van der Waals surface area contributed by atoms with Crippen molar-refractivity contribution in [1.29, 1.82) is 0 Å². The van der Waals surface area contributed by atoms with Crippen molar-refractivity contribution in [2.24, 2.45) is 0 Å². The van der Waals surface area contributed by atoms with E-state index in [4.69, 9.17) is 49.1 Å². The fourth-order valence-corrected chi connectivity index (χ4v) is 3.92. The number of carbonyl (C=O) groups excluding carboxylic acids is 2. The lowest BCUT2D eigenvalue weighted by molar-refractivity contribution is -0.142. The molecule has 10 heteroatoms. The molecule has 1 saturated heterocycles. The lowest BCUT2D eigenvalue weighted by atomic mass is 9.99. The molecule has 31 heavy (non-hydrogen) atoms. The molecule has 2 rings (SSSR count). The van der Waals surface area contributed by atoms with Crippen molar-refractivity contribution >= 4 is 46.9 Å². The number of hydroxylamine groups is 1. The highest BCUT2D eigenvalue weighted by Crippen LogP contribution is 2.36. The summed E-state index contributed by atoms with van der Waals surface area (Å²) in [5.41, 5.74) is 2.26. The second-order valence-electron chi connectivity index (χ2n) is 8.36. The van der Waals surface area contributed by atoms with Gasteiger partial charge in [0.25, 0.3) is 0 Å². The van der Waals surface area contributed by atoms with Crippen LogP contribution in [0.5, 0.6) is 5.75 Å². The SMILES string of the molecule is CCCCON[C@@H]1CC[C@@H](C(=O)Oc2c(Cl)cc(Cl)cc2Cl)N(C(=O)OC(C)(C)C)C1. The minimum absolute atomic E-state index is 0.00465. The van der Waals surface area contributed by atoms with Crippen LogP contribution in [0.3, 0.4) is 0 Å². The van der Waals surface area contributed by atoms with Crippen molar-refractivity contribution in [1.82, 2.24) is 10.4 Å². The summed E-state index contributed by atoms with van der Waals surface area (Å²) in [4.78, 5) is 32.6. The van der Waals surface area contributed by atoms with Crippen molar-refractivity contribution in [2.75, 3.05) is 13.2 Å². The number of unbranched alkanes of at least 4 members (excludes halogenated alkanes) is 1. The molecule has 0 unspecified atom stereocenters. The van der Waals surface area contributed by atoms with Crippen molar-refractivity contribution < 1.29 is 23.9 Å². The molecule has 1 amide bonds. The number of hydrogen-bond acceptors (Lipinski definition) is 6. The lowest BCUT2D eigenvalue weighted by Gasteiger charge is -2.38. The summed E-state index contributed by atoms with van der Waals surface area (Å²) in [5, 5.41) is 0.531. The quantitative estimate of drug-likeness (QED) is 0.228. The Bertz CT molecular complexity index is 762. The van der Waals surface area contributed by atoms with Gasteiger partial charge in [-0.05, 0) is 52.2 Å². The third-order valence-electron chi connectivity index (χ3n) is 4.50. The van der Waals surface area contributed by atoms with E-state index in [1.807, 2.05) is 0 Å². The van der Waals surface area contributed by atoms with Crippen molar-refractivity contribution in [3.05, 3.63) is 27.2 Å². The topological polar surface area (TPSA) is 77.1 Å². The first-order chi connectivity index (χ1) is 14.5. The molecule has 1 N–H and O–H groups in total. The predicted octanol–water partition coefficient (Wildman–Crippen LogP) is 5.64. The summed E-state index contributed by atoms with van der Waals surface area (Å²) < 4.78 is 11.0. The predicted molar refractivity (Wildman–Crippen MR) is 121 cm³/mol. The highest BCUT2D eigenvalue weighted by molar-refractivity contribution is 6.40. The Morgan fingerprint density at radius 2 is 1.81 bits per heavy atom.